The molecule has 1 aliphatic rings. The number of nitrogens with zero attached hydrogens (tertiary/aromatic N) is 2. The quantitative estimate of drug-likeness (QED) is 0.577. The summed E-state index contributed by atoms with van der Waals surface area (Å²) in [6.07, 6.45) is -5.36. The first-order valence-electron chi connectivity index (χ1n) is 8.16. The van der Waals surface area contributed by atoms with Gasteiger partial charge in [-0.3, -0.25) is 0 Å². The van der Waals surface area contributed by atoms with Crippen molar-refractivity contribution >= 4 is 0 Å². The first kappa shape index (κ1) is 20.9. The Bertz CT molecular complexity index is 960. The topological polar surface area (TPSA) is 78.2 Å². The fourth-order valence-corrected chi connectivity index (χ4v) is 2.99. The number of fused-ring (bicyclic) bond motifs is 1. The van der Waals surface area contributed by atoms with Gasteiger partial charge in [-0.05, 0) is 30.3 Å². The van der Waals surface area contributed by atoms with E-state index in [9.17, 15) is 36.8 Å². The molecule has 1 unspecified atom stereocenters. The van der Waals surface area contributed by atoms with Crippen LogP contribution >= 0.6 is 0 Å². The van der Waals surface area contributed by atoms with Crippen LogP contribution in [0.15, 0.2) is 30.3 Å². The molecule has 2 aromatic rings. The van der Waals surface area contributed by atoms with Crippen LogP contribution in [0.2, 0.25) is 0 Å². The van der Waals surface area contributed by atoms with Gasteiger partial charge in [0.05, 0.1) is 18.3 Å². The molecule has 0 saturated carbocycles. The molecule has 0 fully saturated rings. The number of halogens is 6. The summed E-state index contributed by atoms with van der Waals surface area (Å²) in [5.74, 6) is -0.802. The summed E-state index contributed by atoms with van der Waals surface area (Å²) in [5.41, 5.74) is -6.47. The molecule has 1 aromatic heterocycles. The first-order chi connectivity index (χ1) is 13.6. The van der Waals surface area contributed by atoms with Crippen LogP contribution in [0.5, 0.6) is 5.75 Å². The van der Waals surface area contributed by atoms with E-state index < -0.39 is 48.5 Å². The summed E-state index contributed by atoms with van der Waals surface area (Å²) in [7, 11) is 0. The largest absolute Gasteiger partial charge is 0.489 e. The highest BCUT2D eigenvalue weighted by Gasteiger charge is 2.57. The highest BCUT2D eigenvalue weighted by molar-refractivity contribution is 5.71. The fourth-order valence-electron chi connectivity index (χ4n) is 2.99. The number of aliphatic hydroxyl groups is 1. The van der Waals surface area contributed by atoms with E-state index in [1.54, 1.807) is 6.07 Å². The first-order valence-corrected chi connectivity index (χ1v) is 8.16. The van der Waals surface area contributed by atoms with Gasteiger partial charge in [-0.25, -0.2) is 13.8 Å². The minimum absolute atomic E-state index is 0.0924. The Balaban J connectivity index is 2.34. The molecule has 29 heavy (non-hydrogen) atoms. The lowest BCUT2D eigenvalue weighted by molar-refractivity contribution is -0.268. The molecule has 154 valence electrons. The van der Waals surface area contributed by atoms with Gasteiger partial charge in [0, 0.05) is 11.1 Å². The Kier molecular flexibility index (Phi) is 5.19. The number of aromatic nitrogens is 1. The fraction of sp³-hybridized carbons (Fsp3) is 0.333. The van der Waals surface area contributed by atoms with Crippen LogP contribution in [0, 0.1) is 17.1 Å². The minimum atomic E-state index is -5.36. The van der Waals surface area contributed by atoms with E-state index in [-0.39, 0.29) is 22.6 Å². The average molecular weight is 417 g/mol. The zero-order valence-corrected chi connectivity index (χ0v) is 14.5. The van der Waals surface area contributed by atoms with Gasteiger partial charge in [-0.1, -0.05) is 0 Å². The van der Waals surface area contributed by atoms with Crippen LogP contribution in [0.25, 0.3) is 11.3 Å². The number of nitriles is 1. The average Bonchev–Trinajstić information content (AvgIpc) is 3.06. The number of pyridine rings is 1. The number of ether oxygens (including phenoxy) is 1. The number of rotatable bonds is 5. The maximum Gasteiger partial charge on any atom is 0.424 e. The summed E-state index contributed by atoms with van der Waals surface area (Å²) < 4.78 is 85.6. The Morgan fingerprint density at radius 2 is 1.93 bits per heavy atom. The van der Waals surface area contributed by atoms with Crippen LogP contribution in [-0.4, -0.2) is 36.1 Å². The van der Waals surface area contributed by atoms with Gasteiger partial charge < -0.3 is 9.84 Å². The summed E-state index contributed by atoms with van der Waals surface area (Å²) in [6.45, 7) is -3.38. The third kappa shape index (κ3) is 3.28. The summed E-state index contributed by atoms with van der Waals surface area (Å²) in [4.78, 5) is 3.78. The van der Waals surface area contributed by atoms with Crippen molar-refractivity contribution in [2.75, 3.05) is 19.8 Å². The van der Waals surface area contributed by atoms with Crippen LogP contribution in [-0.2, 0) is 11.0 Å². The summed E-state index contributed by atoms with van der Waals surface area (Å²) in [6, 6.07) is 6.76. The van der Waals surface area contributed by atoms with Crippen molar-refractivity contribution in [3.05, 3.63) is 47.4 Å². The van der Waals surface area contributed by atoms with Crippen LogP contribution in [0.4, 0.5) is 26.4 Å². The van der Waals surface area contributed by atoms with Gasteiger partial charge in [0.25, 0.3) is 0 Å². The lowest BCUT2D eigenvalue weighted by atomic mass is 9.83. The molecule has 2 N–H and O–H groups in total. The SMILES string of the molecule is N#C[C@@]1(CF)COc2c1cc(C(O)(CNF)C(F)(F)F)nc2-c1ccc(F)cc1. The molecule has 11 heteroatoms. The highest BCUT2D eigenvalue weighted by atomic mass is 19.4. The Hall–Kier alpha value is -2.84. The van der Waals surface area contributed by atoms with Gasteiger partial charge in [-0.2, -0.15) is 24.0 Å². The number of hydrogen-bond donors (Lipinski definition) is 2. The van der Waals surface area contributed by atoms with Gasteiger partial charge in [0.15, 0.2) is 5.75 Å². The number of nitrogens with one attached hydrogen (secondary N) is 1. The molecule has 5 nitrogen and oxygen atoms in total. The molecule has 3 rings (SSSR count). The molecule has 2 atom stereocenters. The van der Waals surface area contributed by atoms with Gasteiger partial charge in [-0.15, -0.1) is 4.48 Å². The van der Waals surface area contributed by atoms with Crippen molar-refractivity contribution in [2.45, 2.75) is 17.2 Å². The lowest BCUT2D eigenvalue weighted by Crippen LogP contribution is -2.49. The molecule has 0 amide bonds. The van der Waals surface area contributed by atoms with Gasteiger partial charge in [0.1, 0.15) is 30.2 Å². The maximum absolute atomic E-state index is 13.7. The standard InChI is InChI=1S/C18H13F6N3O2/c19-6-16(7-25)9-29-15-12(16)5-13(17(28,8-26-24)18(21,22)23)27-14(15)10-1-3-11(20)4-2-10/h1-5,26,28H,6,8-9H2/t16-,17?/m0/s1. The third-order valence-electron chi connectivity index (χ3n) is 4.73. The lowest BCUT2D eigenvalue weighted by Gasteiger charge is -2.30. The Morgan fingerprint density at radius 3 is 2.45 bits per heavy atom. The van der Waals surface area contributed by atoms with E-state index in [0.29, 0.717) is 6.07 Å². The number of alkyl halides is 4. The zero-order valence-electron chi connectivity index (χ0n) is 14.5. The second kappa shape index (κ2) is 7.20. The Morgan fingerprint density at radius 1 is 1.28 bits per heavy atom. The van der Waals surface area contributed by atoms with Gasteiger partial charge in [0.2, 0.25) is 5.60 Å². The predicted octanol–water partition coefficient (Wildman–Crippen LogP) is 3.23. The molecule has 0 radical (unpaired) electrons. The summed E-state index contributed by atoms with van der Waals surface area (Å²) in [5, 5.41) is 19.6. The zero-order chi connectivity index (χ0) is 21.4. The second-order valence-corrected chi connectivity index (χ2v) is 6.52. The van der Waals surface area contributed by atoms with Crippen molar-refractivity contribution in [1.29, 1.82) is 5.26 Å². The third-order valence-corrected chi connectivity index (χ3v) is 4.73. The van der Waals surface area contributed by atoms with Crippen molar-refractivity contribution in [3.63, 3.8) is 0 Å². The van der Waals surface area contributed by atoms with Crippen LogP contribution in [0.3, 0.4) is 0 Å². The monoisotopic (exact) mass is 417 g/mol. The molecular weight excluding hydrogens is 404 g/mol. The van der Waals surface area contributed by atoms with E-state index in [1.165, 1.54) is 12.1 Å². The number of hydrogen-bond acceptors (Lipinski definition) is 5. The van der Waals surface area contributed by atoms with E-state index in [0.717, 1.165) is 17.7 Å². The molecule has 0 saturated heterocycles. The van der Waals surface area contributed by atoms with E-state index >= 15 is 0 Å². The molecular formula is C18H13F6N3O2. The van der Waals surface area contributed by atoms with E-state index in [1.807, 2.05) is 0 Å². The minimum Gasteiger partial charge on any atom is -0.489 e. The summed E-state index contributed by atoms with van der Waals surface area (Å²) >= 11 is 0. The highest BCUT2D eigenvalue weighted by Crippen LogP contribution is 2.47. The molecule has 2 heterocycles. The second-order valence-electron chi connectivity index (χ2n) is 6.52. The van der Waals surface area contributed by atoms with Crippen molar-refractivity contribution in [2.24, 2.45) is 0 Å². The Labute approximate surface area is 160 Å². The van der Waals surface area contributed by atoms with Crippen molar-refractivity contribution in [3.8, 4) is 23.1 Å². The van der Waals surface area contributed by atoms with Crippen molar-refractivity contribution < 1.29 is 36.3 Å². The number of benzene rings is 1. The van der Waals surface area contributed by atoms with Crippen LogP contribution < -0.4 is 10.3 Å². The molecule has 0 aliphatic carbocycles. The van der Waals surface area contributed by atoms with Crippen LogP contribution in [0.1, 0.15) is 11.3 Å². The van der Waals surface area contributed by atoms with E-state index in [4.69, 9.17) is 4.74 Å². The smallest absolute Gasteiger partial charge is 0.424 e. The molecule has 1 aliphatic heterocycles. The molecule has 0 spiro atoms. The normalized spacial score (nSPS) is 20.5. The predicted molar refractivity (Wildman–Crippen MR) is 87.5 cm³/mol. The van der Waals surface area contributed by atoms with Crippen molar-refractivity contribution in [1.82, 2.24) is 10.5 Å². The molecule has 0 bridgehead atoms. The van der Waals surface area contributed by atoms with E-state index in [2.05, 4.69) is 4.98 Å². The van der Waals surface area contributed by atoms with Gasteiger partial charge >= 0.3 is 6.18 Å². The molecule has 1 aromatic carbocycles. The maximum atomic E-state index is 13.7.